The van der Waals surface area contributed by atoms with Crippen molar-refractivity contribution in [1.82, 2.24) is 15.5 Å². The van der Waals surface area contributed by atoms with E-state index in [1.807, 2.05) is 39.8 Å². The van der Waals surface area contributed by atoms with E-state index in [4.69, 9.17) is 5.11 Å². The summed E-state index contributed by atoms with van der Waals surface area (Å²) in [7, 11) is 0. The molecule has 0 spiro atoms. The van der Waals surface area contributed by atoms with Crippen LogP contribution in [0.4, 0.5) is 0 Å². The van der Waals surface area contributed by atoms with Gasteiger partial charge in [-0.15, -0.1) is 11.8 Å². The molecule has 0 saturated carbocycles. The minimum absolute atomic E-state index is 0.192. The molecule has 0 aromatic heterocycles. The zero-order valence-electron chi connectivity index (χ0n) is 18.3. The summed E-state index contributed by atoms with van der Waals surface area (Å²) in [6.45, 7) is 8.92. The fourth-order valence-corrected chi connectivity index (χ4v) is 5.69. The summed E-state index contributed by atoms with van der Waals surface area (Å²) in [5.74, 6) is -2.52. The van der Waals surface area contributed by atoms with Gasteiger partial charge in [0.25, 0.3) is 5.91 Å². The first-order valence-electron chi connectivity index (χ1n) is 10.4. The van der Waals surface area contributed by atoms with Gasteiger partial charge in [-0.1, -0.05) is 38.5 Å². The fraction of sp³-hybridized carbons (Fsp3) is 0.545. The number of hydrogen-bond acceptors (Lipinski definition) is 5. The monoisotopic (exact) mass is 447 g/mol. The molecule has 1 aromatic carbocycles. The van der Waals surface area contributed by atoms with Crippen molar-refractivity contribution in [1.29, 1.82) is 0 Å². The standard InChI is InChI=1S/C22H29N3O5S/c1-6-11(2)15(17(26)23-12(3)21(29)30)24-18(27)16-22(4,5)31-20-14-10-8-7-9-13(14)19(28)25(16)20/h7-12,15-16,20H,6H2,1-5H3,(H,23,26)(H,24,27)(H,29,30)/t11-,12-,15+,16+,20+/m1/s1. The Balaban J connectivity index is 1.85. The number of nitrogens with zero attached hydrogens (tertiary/aromatic N) is 1. The molecule has 0 aliphatic carbocycles. The predicted molar refractivity (Wildman–Crippen MR) is 117 cm³/mol. The molecule has 1 fully saturated rings. The van der Waals surface area contributed by atoms with Crippen molar-refractivity contribution in [3.8, 4) is 0 Å². The number of aliphatic carboxylic acids is 1. The van der Waals surface area contributed by atoms with E-state index < -0.39 is 40.7 Å². The molecule has 0 bridgehead atoms. The van der Waals surface area contributed by atoms with Gasteiger partial charge in [-0.05, 0) is 38.3 Å². The Labute approximate surface area is 186 Å². The molecule has 1 aromatic rings. The average Bonchev–Trinajstić information content (AvgIpc) is 3.14. The molecule has 1 saturated heterocycles. The number of carbonyl (C=O) groups excluding carboxylic acids is 3. The van der Waals surface area contributed by atoms with Crippen LogP contribution in [0.2, 0.25) is 0 Å². The second-order valence-electron chi connectivity index (χ2n) is 8.72. The number of carboxylic acid groups (broad SMARTS) is 1. The first-order chi connectivity index (χ1) is 14.5. The Morgan fingerprint density at radius 1 is 1.19 bits per heavy atom. The first-order valence-corrected chi connectivity index (χ1v) is 11.3. The van der Waals surface area contributed by atoms with Gasteiger partial charge >= 0.3 is 5.97 Å². The summed E-state index contributed by atoms with van der Waals surface area (Å²) in [5, 5.41) is 14.1. The lowest BCUT2D eigenvalue weighted by Gasteiger charge is -2.32. The Morgan fingerprint density at radius 3 is 2.45 bits per heavy atom. The summed E-state index contributed by atoms with van der Waals surface area (Å²) in [6.07, 6.45) is 0.610. The number of thioether (sulfide) groups is 1. The quantitative estimate of drug-likeness (QED) is 0.590. The SMILES string of the molecule is CC[C@@H](C)[C@H](NC(=O)[C@@H]1N2C(=O)c3ccccc3[C@@H]2SC1(C)C)C(=O)N[C@H](C)C(=O)O. The molecule has 2 aliphatic rings. The number of rotatable bonds is 7. The second kappa shape index (κ2) is 8.53. The van der Waals surface area contributed by atoms with E-state index in [1.54, 1.807) is 28.8 Å². The van der Waals surface area contributed by atoms with Crippen molar-refractivity contribution in [3.63, 3.8) is 0 Å². The summed E-state index contributed by atoms with van der Waals surface area (Å²) < 4.78 is -0.567. The van der Waals surface area contributed by atoms with Crippen LogP contribution in [0.3, 0.4) is 0 Å². The van der Waals surface area contributed by atoms with Gasteiger partial charge in [0.2, 0.25) is 11.8 Å². The van der Waals surface area contributed by atoms with Crippen LogP contribution >= 0.6 is 11.8 Å². The number of carboxylic acids is 1. The molecular weight excluding hydrogens is 418 g/mol. The van der Waals surface area contributed by atoms with Crippen molar-refractivity contribution in [2.75, 3.05) is 0 Å². The molecular formula is C22H29N3O5S. The average molecular weight is 448 g/mol. The Morgan fingerprint density at radius 2 is 1.84 bits per heavy atom. The van der Waals surface area contributed by atoms with Crippen molar-refractivity contribution in [2.45, 2.75) is 69.3 Å². The maximum absolute atomic E-state index is 13.4. The van der Waals surface area contributed by atoms with Gasteiger partial charge < -0.3 is 20.6 Å². The van der Waals surface area contributed by atoms with Crippen molar-refractivity contribution < 1.29 is 24.3 Å². The number of amides is 3. The minimum Gasteiger partial charge on any atom is -0.480 e. The predicted octanol–water partition coefficient (Wildman–Crippen LogP) is 2.16. The van der Waals surface area contributed by atoms with Crippen LogP contribution < -0.4 is 10.6 Å². The number of carbonyl (C=O) groups is 4. The van der Waals surface area contributed by atoms with Gasteiger partial charge in [-0.25, -0.2) is 0 Å². The normalized spacial score (nSPS) is 24.0. The van der Waals surface area contributed by atoms with Gasteiger partial charge in [0, 0.05) is 10.3 Å². The van der Waals surface area contributed by atoms with E-state index in [-0.39, 0.29) is 17.2 Å². The second-order valence-corrected chi connectivity index (χ2v) is 10.5. The topological polar surface area (TPSA) is 116 Å². The van der Waals surface area contributed by atoms with Gasteiger partial charge in [0.05, 0.1) is 0 Å². The van der Waals surface area contributed by atoms with E-state index in [0.29, 0.717) is 12.0 Å². The van der Waals surface area contributed by atoms with Crippen LogP contribution in [0, 0.1) is 5.92 Å². The molecule has 2 aliphatic heterocycles. The number of benzene rings is 1. The van der Waals surface area contributed by atoms with Gasteiger partial charge in [0.15, 0.2) is 0 Å². The number of fused-ring (bicyclic) bond motifs is 3. The van der Waals surface area contributed by atoms with Crippen LogP contribution in [-0.2, 0) is 14.4 Å². The van der Waals surface area contributed by atoms with Crippen molar-refractivity contribution in [2.24, 2.45) is 5.92 Å². The third-order valence-corrected chi connectivity index (χ3v) is 7.60. The van der Waals surface area contributed by atoms with Crippen LogP contribution in [0.15, 0.2) is 24.3 Å². The van der Waals surface area contributed by atoms with E-state index in [2.05, 4.69) is 10.6 Å². The van der Waals surface area contributed by atoms with Gasteiger partial charge in [-0.3, -0.25) is 19.2 Å². The number of nitrogens with one attached hydrogen (secondary N) is 2. The van der Waals surface area contributed by atoms with Crippen LogP contribution in [0.5, 0.6) is 0 Å². The maximum atomic E-state index is 13.4. The van der Waals surface area contributed by atoms with Gasteiger partial charge in [0.1, 0.15) is 23.5 Å². The molecule has 0 radical (unpaired) electrons. The smallest absolute Gasteiger partial charge is 0.325 e. The van der Waals surface area contributed by atoms with Crippen LogP contribution in [0.1, 0.15) is 62.3 Å². The lowest BCUT2D eigenvalue weighted by Crippen LogP contribution is -2.59. The zero-order valence-corrected chi connectivity index (χ0v) is 19.2. The molecule has 3 amide bonds. The Bertz CT molecular complexity index is 918. The summed E-state index contributed by atoms with van der Waals surface area (Å²) in [4.78, 5) is 52.0. The highest BCUT2D eigenvalue weighted by molar-refractivity contribution is 8.01. The zero-order chi connectivity index (χ0) is 23.1. The van der Waals surface area contributed by atoms with E-state index in [0.717, 1.165) is 5.56 Å². The molecule has 2 heterocycles. The fourth-order valence-electron chi connectivity index (χ4n) is 4.10. The Kier molecular flexibility index (Phi) is 6.36. The third-order valence-electron chi connectivity index (χ3n) is 6.07. The lowest BCUT2D eigenvalue weighted by atomic mass is 9.95. The summed E-state index contributed by atoms with van der Waals surface area (Å²) in [6, 6.07) is 4.61. The van der Waals surface area contributed by atoms with Crippen molar-refractivity contribution >= 4 is 35.5 Å². The highest BCUT2D eigenvalue weighted by Gasteiger charge is 2.57. The molecule has 5 atom stereocenters. The van der Waals surface area contributed by atoms with Crippen molar-refractivity contribution in [3.05, 3.63) is 35.4 Å². The lowest BCUT2D eigenvalue weighted by molar-refractivity contribution is -0.142. The third kappa shape index (κ3) is 4.15. The molecule has 3 rings (SSSR count). The largest absolute Gasteiger partial charge is 0.480 e. The number of hydrogen-bond donors (Lipinski definition) is 3. The maximum Gasteiger partial charge on any atom is 0.325 e. The Hall–Kier alpha value is -2.55. The molecule has 31 heavy (non-hydrogen) atoms. The first kappa shape index (κ1) is 23.1. The summed E-state index contributed by atoms with van der Waals surface area (Å²) >= 11 is 1.55. The van der Waals surface area contributed by atoms with Gasteiger partial charge in [-0.2, -0.15) is 0 Å². The molecule has 0 unspecified atom stereocenters. The van der Waals surface area contributed by atoms with Crippen LogP contribution in [0.25, 0.3) is 0 Å². The molecule has 3 N–H and O–H groups in total. The minimum atomic E-state index is -1.15. The molecule has 8 nitrogen and oxygen atoms in total. The summed E-state index contributed by atoms with van der Waals surface area (Å²) in [5.41, 5.74) is 1.49. The van der Waals surface area contributed by atoms with Crippen LogP contribution in [-0.4, -0.2) is 56.6 Å². The van der Waals surface area contributed by atoms with E-state index in [1.165, 1.54) is 6.92 Å². The highest BCUT2D eigenvalue weighted by atomic mass is 32.2. The van der Waals surface area contributed by atoms with E-state index >= 15 is 0 Å². The van der Waals surface area contributed by atoms with E-state index in [9.17, 15) is 19.2 Å². The molecule has 9 heteroatoms. The highest BCUT2D eigenvalue weighted by Crippen LogP contribution is 2.56. The molecule has 168 valence electrons.